The third kappa shape index (κ3) is 4.05. The Hall–Kier alpha value is -1.66. The molecule has 5 nitrogen and oxygen atoms in total. The van der Waals surface area contributed by atoms with Gasteiger partial charge in [0, 0.05) is 19.2 Å². The van der Waals surface area contributed by atoms with Crippen LogP contribution in [0.15, 0.2) is 35.3 Å². The Morgan fingerprint density at radius 3 is 2.54 bits per heavy atom. The molecule has 1 aromatic carbocycles. The van der Waals surface area contributed by atoms with Crippen molar-refractivity contribution in [1.82, 2.24) is 4.90 Å². The van der Waals surface area contributed by atoms with E-state index >= 15 is 0 Å². The van der Waals surface area contributed by atoms with Crippen LogP contribution < -0.4 is 0 Å². The van der Waals surface area contributed by atoms with E-state index in [-0.39, 0.29) is 18.1 Å². The van der Waals surface area contributed by atoms with Gasteiger partial charge < -0.3 is 10.0 Å². The van der Waals surface area contributed by atoms with E-state index in [9.17, 15) is 14.7 Å². The lowest BCUT2D eigenvalue weighted by atomic mass is 9.89. The van der Waals surface area contributed by atoms with Crippen LogP contribution in [0.5, 0.6) is 0 Å². The molecule has 1 aliphatic heterocycles. The van der Waals surface area contributed by atoms with Gasteiger partial charge in [0.2, 0.25) is 0 Å². The predicted molar refractivity (Wildman–Crippen MR) is 96.9 cm³/mol. The fourth-order valence-corrected chi connectivity index (χ4v) is 3.46. The first-order valence-electron chi connectivity index (χ1n) is 7.94. The maximum atomic E-state index is 12.4. The zero-order valence-electron chi connectivity index (χ0n) is 14.6. The van der Waals surface area contributed by atoms with Crippen LogP contribution >= 0.6 is 11.8 Å². The summed E-state index contributed by atoms with van der Waals surface area (Å²) in [6.07, 6.45) is 0.478. The summed E-state index contributed by atoms with van der Waals surface area (Å²) in [6, 6.07) is 9.99. The van der Waals surface area contributed by atoms with E-state index in [0.717, 1.165) is 11.3 Å². The Kier molecular flexibility index (Phi) is 5.50. The number of amides is 1. The number of benzene rings is 1. The van der Waals surface area contributed by atoms with Gasteiger partial charge in [0.05, 0.1) is 0 Å². The molecule has 0 aliphatic carbocycles. The second-order valence-electron chi connectivity index (χ2n) is 6.79. The van der Waals surface area contributed by atoms with Crippen LogP contribution in [0, 0.1) is 0 Å². The molecular formula is C18H24N2O3S. The van der Waals surface area contributed by atoms with Gasteiger partial charge in [-0.15, -0.1) is 0 Å². The summed E-state index contributed by atoms with van der Waals surface area (Å²) >= 11 is 1.51. The Balaban J connectivity index is 1.99. The molecule has 0 radical (unpaired) electrons. The quantitative estimate of drug-likeness (QED) is 0.856. The average molecular weight is 348 g/mol. The molecule has 0 spiro atoms. The number of rotatable bonds is 6. The summed E-state index contributed by atoms with van der Waals surface area (Å²) in [4.78, 5) is 30.3. The van der Waals surface area contributed by atoms with E-state index in [1.54, 1.807) is 6.92 Å². The van der Waals surface area contributed by atoms with Gasteiger partial charge in [0.1, 0.15) is 11.1 Å². The van der Waals surface area contributed by atoms with Crippen molar-refractivity contribution >= 4 is 28.6 Å². The van der Waals surface area contributed by atoms with Crippen LogP contribution in [0.3, 0.4) is 0 Å². The van der Waals surface area contributed by atoms with Crippen LogP contribution in [-0.4, -0.2) is 45.1 Å². The Labute approximate surface area is 147 Å². The molecule has 24 heavy (non-hydrogen) atoms. The standard InChI is InChI=1S/C18H24N2O3S/c1-17(2,23)14(21)10-11-18(3)15(22)19-16(20(18)4)24-12-13-8-6-5-7-9-13/h5-9,23H,10-12H2,1-4H3/t18-/m0/s1. The van der Waals surface area contributed by atoms with Crippen molar-refractivity contribution in [3.63, 3.8) is 0 Å². The van der Waals surface area contributed by atoms with E-state index in [4.69, 9.17) is 0 Å². The molecule has 2 rings (SSSR count). The van der Waals surface area contributed by atoms with Crippen molar-refractivity contribution in [2.75, 3.05) is 7.05 Å². The highest BCUT2D eigenvalue weighted by atomic mass is 32.2. The van der Waals surface area contributed by atoms with Gasteiger partial charge in [-0.3, -0.25) is 9.59 Å². The SMILES string of the molecule is CN1C(SCc2ccccc2)=NC(=O)[C@]1(C)CCC(=O)C(C)(C)O. The minimum atomic E-state index is -1.37. The fraction of sp³-hybridized carbons (Fsp3) is 0.500. The molecule has 0 aromatic heterocycles. The highest BCUT2D eigenvalue weighted by Crippen LogP contribution is 2.32. The number of nitrogens with zero attached hydrogens (tertiary/aromatic N) is 2. The number of hydrogen-bond donors (Lipinski definition) is 1. The van der Waals surface area contributed by atoms with E-state index in [0.29, 0.717) is 11.6 Å². The molecule has 1 aromatic rings. The first kappa shape index (κ1) is 18.7. The van der Waals surface area contributed by atoms with Crippen molar-refractivity contribution in [2.24, 2.45) is 4.99 Å². The number of likely N-dealkylation sites (N-methyl/N-ethyl adjacent to an activating group) is 1. The summed E-state index contributed by atoms with van der Waals surface area (Å²) in [5, 5.41) is 10.4. The minimum absolute atomic E-state index is 0.141. The summed E-state index contributed by atoms with van der Waals surface area (Å²) in [7, 11) is 1.83. The molecule has 130 valence electrons. The number of carbonyl (C=O) groups excluding carboxylic acids is 2. The lowest BCUT2D eigenvalue weighted by molar-refractivity contribution is -0.135. The second-order valence-corrected chi connectivity index (χ2v) is 7.73. The van der Waals surface area contributed by atoms with Gasteiger partial charge in [-0.2, -0.15) is 4.99 Å². The normalized spacial score (nSPS) is 21.1. The van der Waals surface area contributed by atoms with Crippen LogP contribution in [0.25, 0.3) is 0 Å². The number of carbonyl (C=O) groups is 2. The molecule has 0 unspecified atom stereocenters. The van der Waals surface area contributed by atoms with Crippen LogP contribution in [0.4, 0.5) is 0 Å². The van der Waals surface area contributed by atoms with E-state index in [2.05, 4.69) is 4.99 Å². The average Bonchev–Trinajstić information content (AvgIpc) is 2.75. The molecule has 0 saturated carbocycles. The maximum absolute atomic E-state index is 12.4. The number of aliphatic imine (C=N–C) groups is 1. The van der Waals surface area contributed by atoms with Crippen molar-refractivity contribution in [3.8, 4) is 0 Å². The van der Waals surface area contributed by atoms with Crippen molar-refractivity contribution in [1.29, 1.82) is 0 Å². The number of hydrogen-bond acceptors (Lipinski definition) is 5. The molecule has 1 amide bonds. The number of thioether (sulfide) groups is 1. The molecule has 0 fully saturated rings. The van der Waals surface area contributed by atoms with Gasteiger partial charge in [0.15, 0.2) is 11.0 Å². The molecule has 1 aliphatic rings. The largest absolute Gasteiger partial charge is 0.383 e. The minimum Gasteiger partial charge on any atom is -0.383 e. The molecule has 1 heterocycles. The van der Waals surface area contributed by atoms with E-state index < -0.39 is 11.1 Å². The number of aliphatic hydroxyl groups is 1. The zero-order valence-corrected chi connectivity index (χ0v) is 15.4. The first-order chi connectivity index (χ1) is 11.1. The van der Waals surface area contributed by atoms with Crippen molar-refractivity contribution in [3.05, 3.63) is 35.9 Å². The fourth-order valence-electron chi connectivity index (χ4n) is 2.43. The van der Waals surface area contributed by atoms with Gasteiger partial charge in [-0.05, 0) is 32.8 Å². The van der Waals surface area contributed by atoms with Crippen LogP contribution in [0.2, 0.25) is 0 Å². The van der Waals surface area contributed by atoms with E-state index in [1.165, 1.54) is 25.6 Å². The summed E-state index contributed by atoms with van der Waals surface area (Å²) in [5.41, 5.74) is -1.04. The van der Waals surface area contributed by atoms with Gasteiger partial charge in [-0.25, -0.2) is 0 Å². The molecule has 0 bridgehead atoms. The first-order valence-corrected chi connectivity index (χ1v) is 8.92. The highest BCUT2D eigenvalue weighted by molar-refractivity contribution is 8.13. The Morgan fingerprint density at radius 2 is 1.96 bits per heavy atom. The highest BCUT2D eigenvalue weighted by Gasteiger charge is 2.45. The van der Waals surface area contributed by atoms with Crippen molar-refractivity contribution < 1.29 is 14.7 Å². The number of amidine groups is 1. The third-order valence-electron chi connectivity index (χ3n) is 4.42. The lowest BCUT2D eigenvalue weighted by Gasteiger charge is -2.32. The number of Topliss-reactive ketones (excluding diaryl/α,β-unsaturated/α-hetero) is 1. The molecular weight excluding hydrogens is 324 g/mol. The van der Waals surface area contributed by atoms with Gasteiger partial charge in [-0.1, -0.05) is 42.1 Å². The maximum Gasteiger partial charge on any atom is 0.273 e. The smallest absolute Gasteiger partial charge is 0.273 e. The summed E-state index contributed by atoms with van der Waals surface area (Å²) in [6.45, 7) is 4.73. The zero-order chi connectivity index (χ0) is 18.0. The van der Waals surface area contributed by atoms with Gasteiger partial charge in [0.25, 0.3) is 5.91 Å². The van der Waals surface area contributed by atoms with Crippen molar-refractivity contribution in [2.45, 2.75) is 50.5 Å². The topological polar surface area (TPSA) is 70.0 Å². The van der Waals surface area contributed by atoms with Crippen LogP contribution in [-0.2, 0) is 15.3 Å². The summed E-state index contributed by atoms with van der Waals surface area (Å²) in [5.74, 6) is 0.232. The lowest BCUT2D eigenvalue weighted by Crippen LogP contribution is -2.47. The second kappa shape index (κ2) is 7.07. The van der Waals surface area contributed by atoms with Gasteiger partial charge >= 0.3 is 0 Å². The predicted octanol–water partition coefficient (Wildman–Crippen LogP) is 2.63. The Morgan fingerprint density at radius 1 is 1.33 bits per heavy atom. The van der Waals surface area contributed by atoms with E-state index in [1.807, 2.05) is 42.3 Å². The Bertz CT molecular complexity index is 652. The molecule has 6 heteroatoms. The molecule has 0 saturated heterocycles. The van der Waals surface area contributed by atoms with Crippen LogP contribution in [0.1, 0.15) is 39.2 Å². The number of ketones is 1. The molecule has 1 atom stereocenters. The monoisotopic (exact) mass is 348 g/mol. The summed E-state index contributed by atoms with van der Waals surface area (Å²) < 4.78 is 0. The third-order valence-corrected chi connectivity index (χ3v) is 5.52. The molecule has 1 N–H and O–H groups in total.